The molecule has 1 atom stereocenters. The van der Waals surface area contributed by atoms with Gasteiger partial charge in [-0.2, -0.15) is 18.3 Å². The van der Waals surface area contributed by atoms with Crippen LogP contribution in [0.3, 0.4) is 0 Å². The maximum Gasteiger partial charge on any atom is 0.435 e. The van der Waals surface area contributed by atoms with Crippen LogP contribution in [-0.4, -0.2) is 39.1 Å². The fourth-order valence-corrected chi connectivity index (χ4v) is 3.55. The SMILES string of the molecule is O=C(Nc1cc(Cl)cc(Cl)c1)C1CCCN1C(=O)Cn1ccc(C(F)(F)F)n1. The van der Waals surface area contributed by atoms with Crippen molar-refractivity contribution in [2.24, 2.45) is 0 Å². The van der Waals surface area contributed by atoms with E-state index in [-0.39, 0.29) is 6.54 Å². The summed E-state index contributed by atoms with van der Waals surface area (Å²) in [5, 5.41) is 6.73. The second-order valence-electron chi connectivity index (χ2n) is 6.29. The molecule has 150 valence electrons. The zero-order valence-electron chi connectivity index (χ0n) is 14.3. The van der Waals surface area contributed by atoms with Crippen LogP contribution in [-0.2, 0) is 22.3 Å². The molecule has 1 aromatic heterocycles. The second kappa shape index (κ2) is 8.00. The largest absolute Gasteiger partial charge is 0.435 e. The number of aromatic nitrogens is 2. The number of likely N-dealkylation sites (tertiary alicyclic amines) is 1. The molecule has 28 heavy (non-hydrogen) atoms. The first kappa shape index (κ1) is 20.5. The summed E-state index contributed by atoms with van der Waals surface area (Å²) < 4.78 is 38.8. The summed E-state index contributed by atoms with van der Waals surface area (Å²) in [7, 11) is 0. The van der Waals surface area contributed by atoms with Crippen molar-refractivity contribution in [1.29, 1.82) is 0 Å². The summed E-state index contributed by atoms with van der Waals surface area (Å²) in [6.45, 7) is -0.0521. The van der Waals surface area contributed by atoms with Gasteiger partial charge in [-0.25, -0.2) is 0 Å². The van der Waals surface area contributed by atoms with Crippen molar-refractivity contribution in [2.45, 2.75) is 31.6 Å². The van der Waals surface area contributed by atoms with E-state index in [1.807, 2.05) is 0 Å². The maximum atomic E-state index is 12.6. The third-order valence-electron chi connectivity index (χ3n) is 4.23. The lowest BCUT2D eigenvalue weighted by molar-refractivity contribution is -0.142. The van der Waals surface area contributed by atoms with Gasteiger partial charge >= 0.3 is 6.18 Å². The van der Waals surface area contributed by atoms with Gasteiger partial charge in [0.1, 0.15) is 12.6 Å². The summed E-state index contributed by atoms with van der Waals surface area (Å²) >= 11 is 11.8. The molecule has 0 radical (unpaired) electrons. The minimum Gasteiger partial charge on any atom is -0.329 e. The zero-order valence-corrected chi connectivity index (χ0v) is 15.9. The van der Waals surface area contributed by atoms with E-state index in [0.29, 0.717) is 35.1 Å². The second-order valence-corrected chi connectivity index (χ2v) is 7.16. The maximum absolute atomic E-state index is 12.6. The first-order valence-electron chi connectivity index (χ1n) is 8.30. The zero-order chi connectivity index (χ0) is 20.5. The Labute approximate surface area is 168 Å². The van der Waals surface area contributed by atoms with Crippen LogP contribution in [0.5, 0.6) is 0 Å². The lowest BCUT2D eigenvalue weighted by atomic mass is 10.2. The van der Waals surface area contributed by atoms with Crippen molar-refractivity contribution < 1.29 is 22.8 Å². The molecule has 1 N–H and O–H groups in total. The van der Waals surface area contributed by atoms with E-state index in [1.54, 1.807) is 0 Å². The molecule has 1 aromatic carbocycles. The summed E-state index contributed by atoms with van der Waals surface area (Å²) in [4.78, 5) is 26.4. The Morgan fingerprint density at radius 3 is 2.50 bits per heavy atom. The highest BCUT2D eigenvalue weighted by atomic mass is 35.5. The number of benzene rings is 1. The number of amides is 2. The molecule has 11 heteroatoms. The lowest BCUT2D eigenvalue weighted by Crippen LogP contribution is -2.44. The van der Waals surface area contributed by atoms with E-state index in [2.05, 4.69) is 10.4 Å². The monoisotopic (exact) mass is 434 g/mol. The van der Waals surface area contributed by atoms with Crippen molar-refractivity contribution in [1.82, 2.24) is 14.7 Å². The Hall–Kier alpha value is -2.26. The minimum atomic E-state index is -4.58. The van der Waals surface area contributed by atoms with Crippen LogP contribution in [0.1, 0.15) is 18.5 Å². The number of nitrogens with one attached hydrogen (secondary N) is 1. The van der Waals surface area contributed by atoms with Gasteiger partial charge in [0.05, 0.1) is 0 Å². The Kier molecular flexibility index (Phi) is 5.85. The molecule has 0 spiro atoms. The van der Waals surface area contributed by atoms with Crippen molar-refractivity contribution in [3.05, 3.63) is 46.2 Å². The van der Waals surface area contributed by atoms with Crippen molar-refractivity contribution in [3.63, 3.8) is 0 Å². The minimum absolute atomic E-state index is 0.334. The predicted octanol–water partition coefficient (Wildman–Crippen LogP) is 3.84. The first-order chi connectivity index (χ1) is 13.1. The first-order valence-corrected chi connectivity index (χ1v) is 9.06. The van der Waals surface area contributed by atoms with E-state index in [1.165, 1.54) is 23.1 Å². The van der Waals surface area contributed by atoms with Gasteiger partial charge in [0.25, 0.3) is 0 Å². The van der Waals surface area contributed by atoms with Crippen molar-refractivity contribution >= 4 is 40.7 Å². The Morgan fingerprint density at radius 2 is 1.89 bits per heavy atom. The highest BCUT2D eigenvalue weighted by molar-refractivity contribution is 6.35. The number of nitrogens with zero attached hydrogens (tertiary/aromatic N) is 3. The number of alkyl halides is 3. The fourth-order valence-electron chi connectivity index (χ4n) is 3.02. The average Bonchev–Trinajstić information content (AvgIpc) is 3.22. The van der Waals surface area contributed by atoms with Crippen LogP contribution in [0.15, 0.2) is 30.5 Å². The van der Waals surface area contributed by atoms with Gasteiger partial charge in [-0.05, 0) is 37.1 Å². The van der Waals surface area contributed by atoms with Crippen LogP contribution in [0.25, 0.3) is 0 Å². The molecule has 1 aliphatic heterocycles. The topological polar surface area (TPSA) is 67.2 Å². The molecule has 2 heterocycles. The van der Waals surface area contributed by atoms with E-state index >= 15 is 0 Å². The van der Waals surface area contributed by atoms with Gasteiger partial charge in [0.15, 0.2) is 5.69 Å². The van der Waals surface area contributed by atoms with Crippen LogP contribution in [0.2, 0.25) is 10.0 Å². The van der Waals surface area contributed by atoms with Gasteiger partial charge in [0.2, 0.25) is 11.8 Å². The van der Waals surface area contributed by atoms with Crippen molar-refractivity contribution in [2.75, 3.05) is 11.9 Å². The quantitative estimate of drug-likeness (QED) is 0.794. The fraction of sp³-hybridized carbons (Fsp3) is 0.353. The Morgan fingerprint density at radius 1 is 1.21 bits per heavy atom. The van der Waals surface area contributed by atoms with E-state index in [9.17, 15) is 22.8 Å². The molecule has 2 amide bonds. The molecule has 0 aliphatic carbocycles. The van der Waals surface area contributed by atoms with E-state index < -0.39 is 29.7 Å². The van der Waals surface area contributed by atoms with E-state index in [4.69, 9.17) is 23.2 Å². The third-order valence-corrected chi connectivity index (χ3v) is 4.67. The number of halogens is 5. The molecule has 0 bridgehead atoms. The lowest BCUT2D eigenvalue weighted by Gasteiger charge is -2.24. The van der Waals surface area contributed by atoms with Gasteiger partial charge in [-0.1, -0.05) is 23.2 Å². The molecule has 3 rings (SSSR count). The van der Waals surface area contributed by atoms with Crippen LogP contribution < -0.4 is 5.32 Å². The molecule has 1 aliphatic rings. The van der Waals surface area contributed by atoms with Crippen molar-refractivity contribution in [3.8, 4) is 0 Å². The molecule has 1 unspecified atom stereocenters. The van der Waals surface area contributed by atoms with E-state index in [0.717, 1.165) is 16.9 Å². The van der Waals surface area contributed by atoms with Crippen LogP contribution in [0, 0.1) is 0 Å². The van der Waals surface area contributed by atoms with Gasteiger partial charge < -0.3 is 10.2 Å². The molecular weight excluding hydrogens is 420 g/mol. The summed E-state index contributed by atoms with van der Waals surface area (Å²) in [5.41, 5.74) is -0.683. The number of anilines is 1. The number of hydrogen-bond acceptors (Lipinski definition) is 3. The van der Waals surface area contributed by atoms with Gasteiger partial charge in [-0.15, -0.1) is 0 Å². The number of carbonyl (C=O) groups excluding carboxylic acids is 2. The van der Waals surface area contributed by atoms with Gasteiger partial charge in [-0.3, -0.25) is 14.3 Å². The predicted molar refractivity (Wildman–Crippen MR) is 97.1 cm³/mol. The molecule has 0 saturated carbocycles. The molecule has 6 nitrogen and oxygen atoms in total. The summed E-state index contributed by atoms with van der Waals surface area (Å²) in [5.74, 6) is -0.903. The number of rotatable bonds is 4. The molecular formula is C17H15Cl2F3N4O2. The number of carbonyl (C=O) groups is 2. The smallest absolute Gasteiger partial charge is 0.329 e. The van der Waals surface area contributed by atoms with Crippen LogP contribution in [0.4, 0.5) is 18.9 Å². The highest BCUT2D eigenvalue weighted by Gasteiger charge is 2.36. The Balaban J connectivity index is 1.67. The number of hydrogen-bond donors (Lipinski definition) is 1. The Bertz CT molecular complexity index is 881. The summed E-state index contributed by atoms with van der Waals surface area (Å²) in [6.07, 6.45) is -2.45. The molecule has 2 aromatic rings. The normalized spacial score (nSPS) is 17.0. The van der Waals surface area contributed by atoms with Crippen LogP contribution >= 0.6 is 23.2 Å². The summed E-state index contributed by atoms with van der Waals surface area (Å²) in [6, 6.07) is 4.63. The highest BCUT2D eigenvalue weighted by Crippen LogP contribution is 2.27. The standard InChI is InChI=1S/C17H15Cl2F3N4O2/c18-10-6-11(19)8-12(7-10)23-16(28)13-2-1-4-26(13)15(27)9-25-5-3-14(24-25)17(20,21)22/h3,5-8,13H,1-2,4,9H2,(H,23,28). The molecule has 1 saturated heterocycles. The average molecular weight is 435 g/mol. The molecule has 1 fully saturated rings. The van der Waals surface area contributed by atoms with Gasteiger partial charge in [0, 0.05) is 28.5 Å². The third kappa shape index (κ3) is 4.77.